The number of hydrogen-bond acceptors (Lipinski definition) is 6. The van der Waals surface area contributed by atoms with Crippen LogP contribution in [-0.2, 0) is 0 Å². The molecule has 0 unspecified atom stereocenters. The van der Waals surface area contributed by atoms with Gasteiger partial charge in [0.25, 0.3) is 5.91 Å². The van der Waals surface area contributed by atoms with Crippen LogP contribution in [0.25, 0.3) is 0 Å². The predicted octanol–water partition coefficient (Wildman–Crippen LogP) is 3.36. The Morgan fingerprint density at radius 1 is 1.00 bits per heavy atom. The standard InChI is InChI=1S/C23H22N6O/c1-17-3-2-4-20(15-17)28-11-13-29(14-12-28)23(30)21-9-10-22(27-26-21)25-19-7-5-18(16-24)6-8-19/h2-10,15H,11-14H2,1H3,(H,25,27). The first kappa shape index (κ1) is 19.4. The highest BCUT2D eigenvalue weighted by molar-refractivity contribution is 5.92. The summed E-state index contributed by atoms with van der Waals surface area (Å²) in [7, 11) is 0. The number of nitriles is 1. The third kappa shape index (κ3) is 4.39. The van der Waals surface area contributed by atoms with Crippen LogP contribution in [0.3, 0.4) is 0 Å². The molecule has 3 aromatic rings. The first-order valence-corrected chi connectivity index (χ1v) is 9.84. The third-order valence-corrected chi connectivity index (χ3v) is 5.10. The summed E-state index contributed by atoms with van der Waals surface area (Å²) in [4.78, 5) is 16.9. The Morgan fingerprint density at radius 3 is 2.40 bits per heavy atom. The molecule has 1 saturated heterocycles. The number of piperazine rings is 1. The SMILES string of the molecule is Cc1cccc(N2CCN(C(=O)c3ccc(Nc4ccc(C#N)cc4)nn3)CC2)c1. The van der Waals surface area contributed by atoms with Gasteiger partial charge in [-0.25, -0.2) is 0 Å². The fourth-order valence-corrected chi connectivity index (χ4v) is 3.44. The minimum Gasteiger partial charge on any atom is -0.368 e. The fourth-order valence-electron chi connectivity index (χ4n) is 3.44. The number of hydrogen-bond donors (Lipinski definition) is 1. The molecule has 2 heterocycles. The molecule has 30 heavy (non-hydrogen) atoms. The van der Waals surface area contributed by atoms with Gasteiger partial charge in [0, 0.05) is 37.6 Å². The van der Waals surface area contributed by atoms with Gasteiger partial charge in [0.1, 0.15) is 0 Å². The van der Waals surface area contributed by atoms with Crippen LogP contribution in [0.1, 0.15) is 21.6 Å². The van der Waals surface area contributed by atoms with Gasteiger partial charge >= 0.3 is 0 Å². The van der Waals surface area contributed by atoms with Crippen molar-refractivity contribution < 1.29 is 4.79 Å². The molecule has 1 aromatic heterocycles. The van der Waals surface area contributed by atoms with E-state index in [4.69, 9.17) is 5.26 Å². The Balaban J connectivity index is 1.35. The molecule has 1 amide bonds. The quantitative estimate of drug-likeness (QED) is 0.725. The van der Waals surface area contributed by atoms with Gasteiger partial charge in [-0.2, -0.15) is 5.26 Å². The van der Waals surface area contributed by atoms with Crippen LogP contribution < -0.4 is 10.2 Å². The molecular weight excluding hydrogens is 376 g/mol. The number of carbonyl (C=O) groups is 1. The van der Waals surface area contributed by atoms with E-state index in [1.807, 2.05) is 4.90 Å². The Morgan fingerprint density at radius 2 is 1.77 bits per heavy atom. The summed E-state index contributed by atoms with van der Waals surface area (Å²) >= 11 is 0. The minimum atomic E-state index is -0.101. The molecule has 0 aliphatic carbocycles. The van der Waals surface area contributed by atoms with Gasteiger partial charge in [0.05, 0.1) is 11.6 Å². The van der Waals surface area contributed by atoms with E-state index in [-0.39, 0.29) is 5.91 Å². The first-order valence-electron chi connectivity index (χ1n) is 9.84. The van der Waals surface area contributed by atoms with Crippen LogP contribution in [0.15, 0.2) is 60.7 Å². The normalized spacial score (nSPS) is 13.6. The third-order valence-electron chi connectivity index (χ3n) is 5.10. The lowest BCUT2D eigenvalue weighted by molar-refractivity contribution is 0.0739. The van der Waals surface area contributed by atoms with Crippen molar-refractivity contribution in [2.45, 2.75) is 6.92 Å². The molecule has 0 radical (unpaired) electrons. The van der Waals surface area contributed by atoms with Gasteiger partial charge in [-0.3, -0.25) is 4.79 Å². The van der Waals surface area contributed by atoms with Crippen molar-refractivity contribution in [2.24, 2.45) is 0 Å². The lowest BCUT2D eigenvalue weighted by Crippen LogP contribution is -2.49. The molecule has 1 fully saturated rings. The lowest BCUT2D eigenvalue weighted by atomic mass is 10.2. The zero-order valence-electron chi connectivity index (χ0n) is 16.7. The number of amides is 1. The van der Waals surface area contributed by atoms with Crippen molar-refractivity contribution in [1.82, 2.24) is 15.1 Å². The molecule has 1 aliphatic rings. The molecule has 7 nitrogen and oxygen atoms in total. The largest absolute Gasteiger partial charge is 0.368 e. The molecule has 0 bridgehead atoms. The average molecular weight is 398 g/mol. The molecular formula is C23H22N6O. The van der Waals surface area contributed by atoms with E-state index >= 15 is 0 Å². The Hall–Kier alpha value is -3.92. The number of carbonyl (C=O) groups excluding carboxylic acids is 1. The van der Waals surface area contributed by atoms with Crippen molar-refractivity contribution >= 4 is 23.1 Å². The van der Waals surface area contributed by atoms with Gasteiger partial charge in [-0.1, -0.05) is 12.1 Å². The van der Waals surface area contributed by atoms with Crippen molar-refractivity contribution in [3.05, 3.63) is 77.5 Å². The maximum atomic E-state index is 12.8. The summed E-state index contributed by atoms with van der Waals surface area (Å²) < 4.78 is 0. The van der Waals surface area contributed by atoms with E-state index in [2.05, 4.69) is 57.7 Å². The summed E-state index contributed by atoms with van der Waals surface area (Å²) in [6.07, 6.45) is 0. The zero-order chi connectivity index (χ0) is 20.9. The molecule has 150 valence electrons. The smallest absolute Gasteiger partial charge is 0.274 e. The first-order chi connectivity index (χ1) is 14.6. The number of aromatic nitrogens is 2. The van der Waals surface area contributed by atoms with Crippen molar-refractivity contribution in [1.29, 1.82) is 5.26 Å². The van der Waals surface area contributed by atoms with Gasteiger partial charge in [-0.15, -0.1) is 10.2 Å². The molecule has 1 N–H and O–H groups in total. The van der Waals surface area contributed by atoms with E-state index in [1.54, 1.807) is 36.4 Å². The van der Waals surface area contributed by atoms with E-state index in [0.29, 0.717) is 30.2 Å². The van der Waals surface area contributed by atoms with Crippen LogP contribution in [0, 0.1) is 18.3 Å². The van der Waals surface area contributed by atoms with Gasteiger partial charge in [0.2, 0.25) is 0 Å². The number of anilines is 3. The Kier molecular flexibility index (Phi) is 5.57. The number of benzene rings is 2. The Labute approximate surface area is 175 Å². The van der Waals surface area contributed by atoms with Gasteiger partial charge in [0.15, 0.2) is 11.5 Å². The Bertz CT molecular complexity index is 1060. The molecule has 0 atom stereocenters. The topological polar surface area (TPSA) is 85.1 Å². The van der Waals surface area contributed by atoms with Crippen LogP contribution in [0.4, 0.5) is 17.2 Å². The fraction of sp³-hybridized carbons (Fsp3) is 0.217. The maximum Gasteiger partial charge on any atom is 0.274 e. The van der Waals surface area contributed by atoms with Crippen molar-refractivity contribution in [2.75, 3.05) is 36.4 Å². The molecule has 0 saturated carbocycles. The molecule has 2 aromatic carbocycles. The summed E-state index contributed by atoms with van der Waals surface area (Å²) in [6, 6.07) is 21.0. The van der Waals surface area contributed by atoms with Gasteiger partial charge in [-0.05, 0) is 61.0 Å². The van der Waals surface area contributed by atoms with E-state index in [1.165, 1.54) is 11.3 Å². The summed E-state index contributed by atoms with van der Waals surface area (Å²) in [5.41, 5.74) is 4.16. The van der Waals surface area contributed by atoms with Crippen molar-refractivity contribution in [3.8, 4) is 6.07 Å². The highest BCUT2D eigenvalue weighted by Gasteiger charge is 2.23. The summed E-state index contributed by atoms with van der Waals surface area (Å²) in [5, 5.41) is 20.2. The molecule has 1 aliphatic heterocycles. The second-order valence-corrected chi connectivity index (χ2v) is 7.24. The molecule has 0 spiro atoms. The second-order valence-electron chi connectivity index (χ2n) is 7.24. The van der Waals surface area contributed by atoms with E-state index in [9.17, 15) is 4.79 Å². The van der Waals surface area contributed by atoms with Crippen LogP contribution >= 0.6 is 0 Å². The predicted molar refractivity (Wildman–Crippen MR) is 116 cm³/mol. The minimum absolute atomic E-state index is 0.101. The monoisotopic (exact) mass is 398 g/mol. The second kappa shape index (κ2) is 8.62. The molecule has 7 heteroatoms. The number of nitrogens with one attached hydrogen (secondary N) is 1. The average Bonchev–Trinajstić information content (AvgIpc) is 2.80. The summed E-state index contributed by atoms with van der Waals surface area (Å²) in [5.74, 6) is 0.442. The van der Waals surface area contributed by atoms with Gasteiger partial charge < -0.3 is 15.1 Å². The number of aryl methyl sites for hydroxylation is 1. The van der Waals surface area contributed by atoms with E-state index < -0.39 is 0 Å². The molecule has 4 rings (SSSR count). The van der Waals surface area contributed by atoms with Crippen LogP contribution in [-0.4, -0.2) is 47.2 Å². The number of rotatable bonds is 4. The number of nitrogens with zero attached hydrogens (tertiary/aromatic N) is 5. The van der Waals surface area contributed by atoms with Crippen LogP contribution in [0.5, 0.6) is 0 Å². The van der Waals surface area contributed by atoms with E-state index in [0.717, 1.165) is 18.8 Å². The van der Waals surface area contributed by atoms with Crippen LogP contribution in [0.2, 0.25) is 0 Å². The highest BCUT2D eigenvalue weighted by Crippen LogP contribution is 2.19. The highest BCUT2D eigenvalue weighted by atomic mass is 16.2. The summed E-state index contributed by atoms with van der Waals surface area (Å²) in [6.45, 7) is 4.98. The van der Waals surface area contributed by atoms with Crippen molar-refractivity contribution in [3.63, 3.8) is 0 Å². The lowest BCUT2D eigenvalue weighted by Gasteiger charge is -2.36. The zero-order valence-corrected chi connectivity index (χ0v) is 16.7. The maximum absolute atomic E-state index is 12.8.